The molecule has 100 valence electrons. The van der Waals surface area contributed by atoms with Crippen molar-refractivity contribution in [2.24, 2.45) is 0 Å². The molecule has 19 heavy (non-hydrogen) atoms. The highest BCUT2D eigenvalue weighted by atomic mass is 35.5. The van der Waals surface area contributed by atoms with Crippen LogP contribution in [0.4, 0.5) is 0 Å². The van der Waals surface area contributed by atoms with Crippen LogP contribution in [0.5, 0.6) is 0 Å². The van der Waals surface area contributed by atoms with Crippen LogP contribution in [0.1, 0.15) is 45.7 Å². The number of benzene rings is 2. The van der Waals surface area contributed by atoms with E-state index in [1.165, 1.54) is 33.4 Å². The van der Waals surface area contributed by atoms with Crippen molar-refractivity contribution in [2.75, 3.05) is 0 Å². The third-order valence-corrected chi connectivity index (χ3v) is 4.14. The van der Waals surface area contributed by atoms with Gasteiger partial charge in [0.25, 0.3) is 0 Å². The standard InChI is InChI=1S/C18H21Cl/c1-5-15-6-8-16(9-7-15)18(19)17-13(3)10-12(2)11-14(17)4/h6-11,18H,5H2,1-4H3. The third kappa shape index (κ3) is 3.01. The van der Waals surface area contributed by atoms with Crippen LogP contribution < -0.4 is 0 Å². The Morgan fingerprint density at radius 2 is 1.47 bits per heavy atom. The van der Waals surface area contributed by atoms with Gasteiger partial charge in [0.15, 0.2) is 0 Å². The van der Waals surface area contributed by atoms with E-state index in [9.17, 15) is 0 Å². The average Bonchev–Trinajstić information content (AvgIpc) is 2.37. The minimum atomic E-state index is -0.0634. The Balaban J connectivity index is 2.40. The predicted octanol–water partition coefficient (Wildman–Crippen LogP) is 5.50. The summed E-state index contributed by atoms with van der Waals surface area (Å²) in [5.41, 5.74) is 7.62. The molecule has 0 heterocycles. The van der Waals surface area contributed by atoms with E-state index >= 15 is 0 Å². The molecular formula is C18H21Cl. The average molecular weight is 273 g/mol. The molecule has 2 aromatic rings. The van der Waals surface area contributed by atoms with E-state index in [-0.39, 0.29) is 5.38 Å². The highest BCUT2D eigenvalue weighted by molar-refractivity contribution is 6.22. The summed E-state index contributed by atoms with van der Waals surface area (Å²) >= 11 is 6.69. The van der Waals surface area contributed by atoms with Crippen LogP contribution in [0.25, 0.3) is 0 Å². The fourth-order valence-corrected chi connectivity index (χ4v) is 3.17. The van der Waals surface area contributed by atoms with Gasteiger partial charge in [0.2, 0.25) is 0 Å². The van der Waals surface area contributed by atoms with Crippen molar-refractivity contribution >= 4 is 11.6 Å². The lowest BCUT2D eigenvalue weighted by Gasteiger charge is -2.17. The summed E-state index contributed by atoms with van der Waals surface area (Å²) in [5, 5.41) is -0.0634. The second kappa shape index (κ2) is 5.79. The van der Waals surface area contributed by atoms with Gasteiger partial charge >= 0.3 is 0 Å². The van der Waals surface area contributed by atoms with E-state index in [0.717, 1.165) is 6.42 Å². The summed E-state index contributed by atoms with van der Waals surface area (Å²) in [7, 11) is 0. The molecule has 1 heteroatoms. The summed E-state index contributed by atoms with van der Waals surface area (Å²) in [6.45, 7) is 8.58. The molecule has 1 atom stereocenters. The molecule has 0 saturated carbocycles. The fraction of sp³-hybridized carbons (Fsp3) is 0.333. The number of rotatable bonds is 3. The zero-order valence-electron chi connectivity index (χ0n) is 12.1. The van der Waals surface area contributed by atoms with Crippen LogP contribution in [0.2, 0.25) is 0 Å². The van der Waals surface area contributed by atoms with E-state index in [0.29, 0.717) is 0 Å². The van der Waals surface area contributed by atoms with E-state index in [4.69, 9.17) is 11.6 Å². The molecule has 0 bridgehead atoms. The molecule has 0 aliphatic heterocycles. The SMILES string of the molecule is CCc1ccc(C(Cl)c2c(C)cc(C)cc2C)cc1. The lowest BCUT2D eigenvalue weighted by atomic mass is 9.93. The molecule has 0 fully saturated rings. The van der Waals surface area contributed by atoms with Crippen LogP contribution in [0.15, 0.2) is 36.4 Å². The van der Waals surface area contributed by atoms with E-state index in [2.05, 4.69) is 64.1 Å². The monoisotopic (exact) mass is 272 g/mol. The lowest BCUT2D eigenvalue weighted by molar-refractivity contribution is 1.06. The maximum Gasteiger partial charge on any atom is 0.0840 e. The van der Waals surface area contributed by atoms with Crippen molar-refractivity contribution in [2.45, 2.75) is 39.5 Å². The Morgan fingerprint density at radius 3 is 1.95 bits per heavy atom. The zero-order valence-corrected chi connectivity index (χ0v) is 12.9. The molecule has 0 saturated heterocycles. The molecule has 0 amide bonds. The third-order valence-electron chi connectivity index (χ3n) is 3.67. The Bertz CT molecular complexity index is 544. The number of aryl methyl sites for hydroxylation is 4. The van der Waals surface area contributed by atoms with Gasteiger partial charge in [0.05, 0.1) is 5.38 Å². The molecule has 2 aromatic carbocycles. The Kier molecular flexibility index (Phi) is 4.31. The van der Waals surface area contributed by atoms with Crippen LogP contribution in [0, 0.1) is 20.8 Å². The van der Waals surface area contributed by atoms with E-state index in [1.54, 1.807) is 0 Å². The summed E-state index contributed by atoms with van der Waals surface area (Å²) < 4.78 is 0. The van der Waals surface area contributed by atoms with Gasteiger partial charge in [-0.25, -0.2) is 0 Å². The summed E-state index contributed by atoms with van der Waals surface area (Å²) in [6, 6.07) is 13.0. The molecule has 0 aromatic heterocycles. The van der Waals surface area contributed by atoms with Crippen molar-refractivity contribution in [1.82, 2.24) is 0 Å². The summed E-state index contributed by atoms with van der Waals surface area (Å²) in [5.74, 6) is 0. The molecule has 0 spiro atoms. The van der Waals surface area contributed by atoms with Gasteiger partial charge in [0, 0.05) is 0 Å². The molecule has 2 rings (SSSR count). The number of hydrogen-bond acceptors (Lipinski definition) is 0. The molecule has 0 N–H and O–H groups in total. The van der Waals surface area contributed by atoms with Crippen molar-refractivity contribution in [3.8, 4) is 0 Å². The van der Waals surface area contributed by atoms with Crippen molar-refractivity contribution in [1.29, 1.82) is 0 Å². The van der Waals surface area contributed by atoms with Gasteiger partial charge in [0.1, 0.15) is 0 Å². The normalized spacial score (nSPS) is 12.5. The smallest absolute Gasteiger partial charge is 0.0840 e. The molecule has 0 aliphatic carbocycles. The minimum Gasteiger partial charge on any atom is -0.113 e. The zero-order chi connectivity index (χ0) is 14.0. The van der Waals surface area contributed by atoms with Gasteiger partial charge < -0.3 is 0 Å². The van der Waals surface area contributed by atoms with Gasteiger partial charge in [-0.2, -0.15) is 0 Å². The Hall–Kier alpha value is -1.27. The van der Waals surface area contributed by atoms with Crippen molar-refractivity contribution in [3.63, 3.8) is 0 Å². The molecule has 0 nitrogen and oxygen atoms in total. The first-order valence-electron chi connectivity index (χ1n) is 6.83. The van der Waals surface area contributed by atoms with Crippen LogP contribution in [0.3, 0.4) is 0 Å². The van der Waals surface area contributed by atoms with E-state index < -0.39 is 0 Å². The molecule has 1 unspecified atom stereocenters. The minimum absolute atomic E-state index is 0.0634. The van der Waals surface area contributed by atoms with Crippen molar-refractivity contribution < 1.29 is 0 Å². The summed E-state index contributed by atoms with van der Waals surface area (Å²) in [4.78, 5) is 0. The van der Waals surface area contributed by atoms with Gasteiger partial charge in [-0.15, -0.1) is 11.6 Å². The second-order valence-corrected chi connectivity index (χ2v) is 5.71. The fourth-order valence-electron chi connectivity index (χ4n) is 2.68. The first-order valence-corrected chi connectivity index (χ1v) is 7.27. The van der Waals surface area contributed by atoms with Crippen LogP contribution >= 0.6 is 11.6 Å². The first kappa shape index (κ1) is 14.1. The number of halogens is 1. The highest BCUT2D eigenvalue weighted by Crippen LogP contribution is 2.34. The quantitative estimate of drug-likeness (QED) is 0.647. The highest BCUT2D eigenvalue weighted by Gasteiger charge is 2.15. The second-order valence-electron chi connectivity index (χ2n) is 5.27. The first-order chi connectivity index (χ1) is 9.02. The summed E-state index contributed by atoms with van der Waals surface area (Å²) in [6.07, 6.45) is 1.07. The topological polar surface area (TPSA) is 0 Å². The van der Waals surface area contributed by atoms with E-state index in [1.807, 2.05) is 0 Å². The Labute approximate surface area is 121 Å². The maximum absolute atomic E-state index is 6.69. The lowest BCUT2D eigenvalue weighted by Crippen LogP contribution is -2.00. The maximum atomic E-state index is 6.69. The number of alkyl halides is 1. The molecule has 0 aliphatic rings. The number of hydrogen-bond donors (Lipinski definition) is 0. The van der Waals surface area contributed by atoms with Crippen molar-refractivity contribution in [3.05, 3.63) is 69.8 Å². The molecular weight excluding hydrogens is 252 g/mol. The van der Waals surface area contributed by atoms with Crippen LogP contribution in [-0.4, -0.2) is 0 Å². The molecule has 0 radical (unpaired) electrons. The van der Waals surface area contributed by atoms with Gasteiger partial charge in [-0.05, 0) is 55.0 Å². The predicted molar refractivity (Wildman–Crippen MR) is 84.2 cm³/mol. The van der Waals surface area contributed by atoms with Gasteiger partial charge in [-0.1, -0.05) is 48.9 Å². The largest absolute Gasteiger partial charge is 0.113 e. The van der Waals surface area contributed by atoms with Gasteiger partial charge in [-0.3, -0.25) is 0 Å². The van der Waals surface area contributed by atoms with Crippen LogP contribution in [-0.2, 0) is 6.42 Å². The Morgan fingerprint density at radius 1 is 0.947 bits per heavy atom.